The maximum absolute atomic E-state index is 8.99. The molecule has 2 rings (SSSR count). The molecule has 0 heterocycles. The van der Waals surface area contributed by atoms with Crippen LogP contribution in [0.3, 0.4) is 0 Å². The van der Waals surface area contributed by atoms with E-state index < -0.39 is 0 Å². The molecule has 2 fully saturated rings. The largest absolute Gasteiger partial charge is 0.396 e. The quantitative estimate of drug-likeness (QED) is 0.585. The summed E-state index contributed by atoms with van der Waals surface area (Å²) in [6.45, 7) is 0.354. The van der Waals surface area contributed by atoms with E-state index in [2.05, 4.69) is 0 Å². The maximum Gasteiger partial charge on any atom is 0.0509 e. The van der Waals surface area contributed by atoms with Gasteiger partial charge in [-0.15, -0.1) is 0 Å². The minimum absolute atomic E-state index is 0.0897. The van der Waals surface area contributed by atoms with E-state index in [-0.39, 0.29) is 18.6 Å². The molecule has 0 aromatic heterocycles. The molecule has 0 radical (unpaired) electrons. The van der Waals surface area contributed by atoms with Crippen LogP contribution in [0, 0.1) is 17.3 Å². The third-order valence-corrected chi connectivity index (χ3v) is 3.13. The predicted octanol–water partition coefficient (Wildman–Crippen LogP) is 0.387. The lowest BCUT2D eigenvalue weighted by molar-refractivity contribution is 0.0500. The van der Waals surface area contributed by atoms with E-state index in [0.717, 1.165) is 24.7 Å². The number of rotatable bonds is 2. The highest BCUT2D eigenvalue weighted by atomic mass is 16.3. The smallest absolute Gasteiger partial charge is 0.0509 e. The van der Waals surface area contributed by atoms with Gasteiger partial charge in [-0.2, -0.15) is 0 Å². The Kier molecular flexibility index (Phi) is 1.29. The Labute approximate surface area is 60.9 Å². The average Bonchev–Trinajstić information content (AvgIpc) is 2.60. The first-order valence-corrected chi connectivity index (χ1v) is 4.01. The molecular formula is C8H14O2. The zero-order valence-corrected chi connectivity index (χ0v) is 6.08. The Balaban J connectivity index is 2.02. The lowest BCUT2D eigenvalue weighted by atomic mass is 9.85. The van der Waals surface area contributed by atoms with E-state index in [1.165, 1.54) is 6.42 Å². The Hall–Kier alpha value is -0.0800. The highest BCUT2D eigenvalue weighted by Crippen LogP contribution is 2.59. The summed E-state index contributed by atoms with van der Waals surface area (Å²) in [7, 11) is 0. The molecule has 2 aliphatic rings. The zero-order valence-electron chi connectivity index (χ0n) is 6.08. The van der Waals surface area contributed by atoms with Gasteiger partial charge in [-0.1, -0.05) is 0 Å². The van der Waals surface area contributed by atoms with Gasteiger partial charge in [0, 0.05) is 5.41 Å². The molecule has 0 aromatic carbocycles. The van der Waals surface area contributed by atoms with Crippen molar-refractivity contribution in [1.82, 2.24) is 0 Å². The van der Waals surface area contributed by atoms with Gasteiger partial charge in [0.2, 0.25) is 0 Å². The number of fused-ring (bicyclic) bond motifs is 1. The van der Waals surface area contributed by atoms with E-state index in [0.29, 0.717) is 0 Å². The maximum atomic E-state index is 8.99. The molecule has 0 aliphatic heterocycles. The molecule has 2 atom stereocenters. The second-order valence-corrected chi connectivity index (χ2v) is 3.98. The molecule has 10 heavy (non-hydrogen) atoms. The second kappa shape index (κ2) is 1.95. The first-order valence-electron chi connectivity index (χ1n) is 4.01. The summed E-state index contributed by atoms with van der Waals surface area (Å²) in [5.74, 6) is 1.69. The van der Waals surface area contributed by atoms with E-state index in [9.17, 15) is 0 Å². The summed E-state index contributed by atoms with van der Waals surface area (Å²) in [6, 6.07) is 0. The molecule has 0 aromatic rings. The zero-order chi connectivity index (χ0) is 7.19. The molecular weight excluding hydrogens is 128 g/mol. The fourth-order valence-electron chi connectivity index (χ4n) is 2.31. The van der Waals surface area contributed by atoms with Gasteiger partial charge >= 0.3 is 0 Å². The summed E-state index contributed by atoms with van der Waals surface area (Å²) < 4.78 is 0. The van der Waals surface area contributed by atoms with Gasteiger partial charge in [0.15, 0.2) is 0 Å². The van der Waals surface area contributed by atoms with Gasteiger partial charge < -0.3 is 10.2 Å². The van der Waals surface area contributed by atoms with Crippen LogP contribution in [-0.4, -0.2) is 23.4 Å². The summed E-state index contributed by atoms with van der Waals surface area (Å²) in [5.41, 5.74) is -0.0897. The van der Waals surface area contributed by atoms with Crippen LogP contribution in [0.25, 0.3) is 0 Å². The molecule has 2 aliphatic carbocycles. The van der Waals surface area contributed by atoms with Crippen LogP contribution < -0.4 is 0 Å². The molecule has 0 spiro atoms. The standard InChI is InChI=1S/C8H14O2/c9-4-8(5-10)2-6-1-7(6)3-8/h6-7,9-10H,1-5H2. The second-order valence-electron chi connectivity index (χ2n) is 3.98. The molecule has 2 heteroatoms. The fourth-order valence-corrected chi connectivity index (χ4v) is 2.31. The summed E-state index contributed by atoms with van der Waals surface area (Å²) in [6.07, 6.45) is 3.47. The van der Waals surface area contributed by atoms with Crippen molar-refractivity contribution in [3.63, 3.8) is 0 Å². The van der Waals surface area contributed by atoms with E-state index in [1.54, 1.807) is 0 Å². The number of hydrogen-bond acceptors (Lipinski definition) is 2. The first kappa shape index (κ1) is 6.62. The molecule has 2 saturated carbocycles. The van der Waals surface area contributed by atoms with Crippen LogP contribution in [0.4, 0.5) is 0 Å². The number of hydrogen-bond donors (Lipinski definition) is 2. The third kappa shape index (κ3) is 0.789. The van der Waals surface area contributed by atoms with Crippen molar-refractivity contribution in [3.05, 3.63) is 0 Å². The molecule has 2 unspecified atom stereocenters. The SMILES string of the molecule is OCC1(CO)CC2CC2C1. The molecule has 0 amide bonds. The van der Waals surface area contributed by atoms with Crippen molar-refractivity contribution in [2.24, 2.45) is 17.3 Å². The minimum atomic E-state index is -0.0897. The van der Waals surface area contributed by atoms with Gasteiger partial charge in [-0.3, -0.25) is 0 Å². The Morgan fingerprint density at radius 1 is 1.10 bits per heavy atom. The van der Waals surface area contributed by atoms with Gasteiger partial charge in [0.1, 0.15) is 0 Å². The molecule has 0 saturated heterocycles. The van der Waals surface area contributed by atoms with Crippen molar-refractivity contribution in [3.8, 4) is 0 Å². The number of aliphatic hydroxyl groups excluding tert-OH is 2. The van der Waals surface area contributed by atoms with Crippen LogP contribution in [0.1, 0.15) is 19.3 Å². The van der Waals surface area contributed by atoms with Crippen molar-refractivity contribution in [1.29, 1.82) is 0 Å². The van der Waals surface area contributed by atoms with Gasteiger partial charge in [-0.05, 0) is 31.1 Å². The van der Waals surface area contributed by atoms with Crippen molar-refractivity contribution in [2.75, 3.05) is 13.2 Å². The van der Waals surface area contributed by atoms with Crippen LogP contribution in [-0.2, 0) is 0 Å². The minimum Gasteiger partial charge on any atom is -0.396 e. The highest BCUT2D eigenvalue weighted by molar-refractivity contribution is 5.02. The van der Waals surface area contributed by atoms with E-state index >= 15 is 0 Å². The molecule has 0 bridgehead atoms. The normalized spacial score (nSPS) is 41.4. The van der Waals surface area contributed by atoms with Crippen LogP contribution in [0.2, 0.25) is 0 Å². The molecule has 2 nitrogen and oxygen atoms in total. The summed E-state index contributed by atoms with van der Waals surface area (Å²) in [4.78, 5) is 0. The summed E-state index contributed by atoms with van der Waals surface area (Å²) >= 11 is 0. The molecule has 58 valence electrons. The number of aliphatic hydroxyl groups is 2. The topological polar surface area (TPSA) is 40.5 Å². The van der Waals surface area contributed by atoms with Gasteiger partial charge in [0.05, 0.1) is 13.2 Å². The Morgan fingerprint density at radius 2 is 1.60 bits per heavy atom. The third-order valence-electron chi connectivity index (χ3n) is 3.13. The molecule has 2 N–H and O–H groups in total. The Morgan fingerprint density at radius 3 is 1.90 bits per heavy atom. The lowest BCUT2D eigenvalue weighted by Crippen LogP contribution is -2.27. The van der Waals surface area contributed by atoms with E-state index in [1.807, 2.05) is 0 Å². The van der Waals surface area contributed by atoms with Gasteiger partial charge in [0.25, 0.3) is 0 Å². The van der Waals surface area contributed by atoms with E-state index in [4.69, 9.17) is 10.2 Å². The van der Waals surface area contributed by atoms with Crippen molar-refractivity contribution in [2.45, 2.75) is 19.3 Å². The lowest BCUT2D eigenvalue weighted by Gasteiger charge is -2.25. The van der Waals surface area contributed by atoms with Crippen LogP contribution in [0.5, 0.6) is 0 Å². The predicted molar refractivity (Wildman–Crippen MR) is 37.4 cm³/mol. The van der Waals surface area contributed by atoms with Gasteiger partial charge in [-0.25, -0.2) is 0 Å². The fraction of sp³-hybridized carbons (Fsp3) is 1.00. The van der Waals surface area contributed by atoms with Crippen LogP contribution in [0.15, 0.2) is 0 Å². The summed E-state index contributed by atoms with van der Waals surface area (Å²) in [5, 5.41) is 18.0. The first-order chi connectivity index (χ1) is 4.79. The monoisotopic (exact) mass is 142 g/mol. The van der Waals surface area contributed by atoms with Crippen molar-refractivity contribution < 1.29 is 10.2 Å². The highest BCUT2D eigenvalue weighted by Gasteiger charge is 2.53. The Bertz CT molecular complexity index is 128. The average molecular weight is 142 g/mol. The van der Waals surface area contributed by atoms with Crippen LogP contribution >= 0.6 is 0 Å². The van der Waals surface area contributed by atoms with Crippen molar-refractivity contribution >= 4 is 0 Å².